The zero-order valence-corrected chi connectivity index (χ0v) is 50.5. The summed E-state index contributed by atoms with van der Waals surface area (Å²) in [5.41, 5.74) is 7.83. The third-order valence-electron chi connectivity index (χ3n) is 21.5. The molecule has 6 rings (SSSR count). The quantitative estimate of drug-likeness (QED) is 0.221. The molecule has 0 saturated carbocycles. The summed E-state index contributed by atoms with van der Waals surface area (Å²) in [6.45, 7) is 75.0. The van der Waals surface area contributed by atoms with Gasteiger partial charge in [-0.3, -0.25) is 14.5 Å². The zero-order chi connectivity index (χ0) is 55.8. The van der Waals surface area contributed by atoms with E-state index in [1.165, 1.54) is 16.7 Å². The monoisotopic (exact) mass is 986 g/mol. The van der Waals surface area contributed by atoms with Gasteiger partial charge in [-0.05, 0) is 234 Å². The van der Waals surface area contributed by atoms with Gasteiger partial charge in [0.05, 0.1) is 34.4 Å². The summed E-state index contributed by atoms with van der Waals surface area (Å²) in [5, 5.41) is 0. The SMILES string of the molecule is [C-]#[N+]c1c(C)c(C)c(N2C(C)(C)C(C)(C)N(C(C)(C)c3c(C)c(C)c(C(C)(C)Oc4c(C)c(C)c(C)c5c4C(C)(C)N([C@]4(C)C(=O)N(C)C(=C)C(C)(C)C4(C)C)C5=O)c(C)c3C)C(C)(C)C2(C)C)c(F)c1C. The molecule has 0 aliphatic carbocycles. The van der Waals surface area contributed by atoms with E-state index in [0.717, 1.165) is 55.8 Å². The van der Waals surface area contributed by atoms with Crippen LogP contribution in [0.3, 0.4) is 0 Å². The van der Waals surface area contributed by atoms with Crippen LogP contribution in [0, 0.1) is 92.5 Å². The van der Waals surface area contributed by atoms with Crippen molar-refractivity contribution in [2.45, 2.75) is 245 Å². The third kappa shape index (κ3) is 6.60. The van der Waals surface area contributed by atoms with Gasteiger partial charge in [-0.2, -0.15) is 0 Å². The van der Waals surface area contributed by atoms with E-state index in [0.29, 0.717) is 28.3 Å². The van der Waals surface area contributed by atoms with Gasteiger partial charge in [0.2, 0.25) is 0 Å². The maximum absolute atomic E-state index is 17.1. The normalized spacial score (nSPS) is 23.1. The van der Waals surface area contributed by atoms with Gasteiger partial charge in [-0.25, -0.2) is 9.24 Å². The van der Waals surface area contributed by atoms with Gasteiger partial charge in [-0.1, -0.05) is 34.3 Å². The highest BCUT2D eigenvalue weighted by atomic mass is 19.1. The summed E-state index contributed by atoms with van der Waals surface area (Å²) >= 11 is 0. The number of piperazine rings is 1. The second-order valence-corrected chi connectivity index (χ2v) is 27.1. The number of fused-ring (bicyclic) bond motifs is 1. The van der Waals surface area contributed by atoms with Crippen molar-refractivity contribution in [1.29, 1.82) is 0 Å². The molecule has 3 aliphatic heterocycles. The minimum absolute atomic E-state index is 0.151. The van der Waals surface area contributed by atoms with Gasteiger partial charge < -0.3 is 19.4 Å². The Kier molecular flexibility index (Phi) is 12.7. The molecule has 0 spiro atoms. The summed E-state index contributed by atoms with van der Waals surface area (Å²) in [4.78, 5) is 42.7. The highest BCUT2D eigenvalue weighted by Gasteiger charge is 2.70. The van der Waals surface area contributed by atoms with Gasteiger partial charge in [-0.15, -0.1) is 0 Å². The van der Waals surface area contributed by atoms with E-state index in [4.69, 9.17) is 11.3 Å². The standard InChI is InChI=1S/C63H92FN5O3/c1-33-34(2)44-47(55(14,15)68(52(44)70)63(30)53(71)66(32)43(11)54(12,13)58(63,20)21)51(41(33)9)72-57(18,19)46-37(5)35(3)45(36(4)38(46)6)56(16,17)69-61(26,27)59(22,23)67(60(24,25)62(69,28)29)50-40(8)39(7)49(65-31)42(10)48(50)64/h11H2,1-10,12-30,32H3/t63-/m1/s1. The van der Waals surface area contributed by atoms with E-state index in [2.05, 4.69) is 187 Å². The fourth-order valence-corrected chi connectivity index (χ4v) is 15.3. The van der Waals surface area contributed by atoms with Crippen LogP contribution in [0.25, 0.3) is 4.85 Å². The molecule has 0 aromatic heterocycles. The highest BCUT2D eigenvalue weighted by molar-refractivity contribution is 6.07. The zero-order valence-electron chi connectivity index (χ0n) is 50.5. The van der Waals surface area contributed by atoms with E-state index in [9.17, 15) is 4.79 Å². The van der Waals surface area contributed by atoms with E-state index >= 15 is 9.18 Å². The van der Waals surface area contributed by atoms with Crippen LogP contribution in [0.5, 0.6) is 5.75 Å². The first kappa shape index (κ1) is 56.6. The second kappa shape index (κ2) is 16.2. The minimum atomic E-state index is -1.24. The highest BCUT2D eigenvalue weighted by Crippen LogP contribution is 2.63. The number of amides is 2. The Balaban J connectivity index is 1.53. The lowest BCUT2D eigenvalue weighted by atomic mass is 9.53. The van der Waals surface area contributed by atoms with Gasteiger partial charge >= 0.3 is 0 Å². The molecule has 1 atom stereocenters. The molecule has 3 heterocycles. The van der Waals surface area contributed by atoms with E-state index < -0.39 is 55.2 Å². The lowest BCUT2D eigenvalue weighted by molar-refractivity contribution is -0.170. The molecular weight excluding hydrogens is 894 g/mol. The third-order valence-corrected chi connectivity index (χ3v) is 21.5. The molecule has 0 bridgehead atoms. The van der Waals surface area contributed by atoms with Crippen LogP contribution in [-0.4, -0.2) is 61.3 Å². The van der Waals surface area contributed by atoms with Crippen molar-refractivity contribution in [3.05, 3.63) is 107 Å². The van der Waals surface area contributed by atoms with Crippen molar-refractivity contribution in [2.24, 2.45) is 10.8 Å². The minimum Gasteiger partial charge on any atom is -0.482 e. The van der Waals surface area contributed by atoms with Crippen LogP contribution < -0.4 is 9.64 Å². The average Bonchev–Trinajstić information content (AvgIpc) is 3.45. The number of likely N-dealkylation sites (N-methyl/N-ethyl adjacent to an activating group) is 1. The van der Waals surface area contributed by atoms with Gasteiger partial charge in [0.25, 0.3) is 11.8 Å². The molecule has 0 unspecified atom stereocenters. The van der Waals surface area contributed by atoms with Crippen molar-refractivity contribution >= 4 is 23.2 Å². The van der Waals surface area contributed by atoms with Crippen LogP contribution in [0.1, 0.15) is 214 Å². The van der Waals surface area contributed by atoms with Gasteiger partial charge in [0, 0.05) is 51.3 Å². The van der Waals surface area contributed by atoms with E-state index in [1.54, 1.807) is 18.9 Å². The van der Waals surface area contributed by atoms with Crippen molar-refractivity contribution in [3.8, 4) is 5.75 Å². The molecule has 2 amide bonds. The lowest BCUT2D eigenvalue weighted by Gasteiger charge is -2.75. The van der Waals surface area contributed by atoms with E-state index in [-0.39, 0.29) is 17.6 Å². The van der Waals surface area contributed by atoms with Gasteiger partial charge in [0.1, 0.15) is 22.7 Å². The van der Waals surface area contributed by atoms with Crippen molar-refractivity contribution in [2.75, 3.05) is 11.9 Å². The molecule has 72 heavy (non-hydrogen) atoms. The molecule has 3 aliphatic rings. The van der Waals surface area contributed by atoms with Crippen LogP contribution in [0.15, 0.2) is 12.3 Å². The number of anilines is 1. The smallest absolute Gasteiger partial charge is 0.256 e. The summed E-state index contributed by atoms with van der Waals surface area (Å²) < 4.78 is 24.7. The Morgan fingerprint density at radius 2 is 1.03 bits per heavy atom. The summed E-state index contributed by atoms with van der Waals surface area (Å²) in [6, 6.07) is 0. The molecule has 2 fully saturated rings. The lowest BCUT2D eigenvalue weighted by Crippen LogP contribution is -2.86. The number of allylic oxidation sites excluding steroid dienone is 1. The molecule has 2 saturated heterocycles. The largest absolute Gasteiger partial charge is 0.482 e. The Bertz CT molecular complexity index is 2860. The predicted molar refractivity (Wildman–Crippen MR) is 297 cm³/mol. The maximum Gasteiger partial charge on any atom is 0.256 e. The fourth-order valence-electron chi connectivity index (χ4n) is 15.3. The molecule has 0 radical (unpaired) electrons. The maximum atomic E-state index is 17.1. The number of ether oxygens (including phenoxy) is 1. The van der Waals surface area contributed by atoms with Crippen LogP contribution in [0.4, 0.5) is 15.8 Å². The number of hydrogen-bond acceptors (Lipinski definition) is 5. The Morgan fingerprint density at radius 3 is 1.47 bits per heavy atom. The first-order valence-corrected chi connectivity index (χ1v) is 26.2. The molecule has 8 nitrogen and oxygen atoms in total. The van der Waals surface area contributed by atoms with Crippen molar-refractivity contribution in [1.82, 2.24) is 14.7 Å². The second-order valence-electron chi connectivity index (χ2n) is 27.1. The molecule has 394 valence electrons. The Labute approximate surface area is 436 Å². The molecule has 3 aromatic rings. The number of nitrogens with zero attached hydrogens (tertiary/aromatic N) is 5. The number of carbonyl (C=O) groups excluding carboxylic acids is 2. The number of piperidine rings is 1. The van der Waals surface area contributed by atoms with Gasteiger partial charge in [0.15, 0.2) is 5.69 Å². The number of rotatable bonds is 7. The predicted octanol–water partition coefficient (Wildman–Crippen LogP) is 15.4. The average molecular weight is 986 g/mol. The van der Waals surface area contributed by atoms with E-state index in [1.807, 2.05) is 32.6 Å². The van der Waals surface area contributed by atoms with Crippen molar-refractivity contribution in [3.63, 3.8) is 0 Å². The first-order valence-electron chi connectivity index (χ1n) is 26.2. The number of likely N-dealkylation sites (tertiary alicyclic amines) is 1. The summed E-state index contributed by atoms with van der Waals surface area (Å²) in [7, 11) is 1.78. The molecule has 9 heteroatoms. The summed E-state index contributed by atoms with van der Waals surface area (Å²) in [5.74, 6) is 0.0524. The first-order chi connectivity index (χ1) is 32.2. The molecular formula is C63H92FN5O3. The number of carbonyl (C=O) groups is 2. The van der Waals surface area contributed by atoms with Crippen LogP contribution in [-0.2, 0) is 21.5 Å². The summed E-state index contributed by atoms with van der Waals surface area (Å²) in [6.07, 6.45) is 0. The molecule has 0 N–H and O–H groups in total. The van der Waals surface area contributed by atoms with Crippen LogP contribution in [0.2, 0.25) is 0 Å². The van der Waals surface area contributed by atoms with Crippen LogP contribution >= 0.6 is 0 Å². The topological polar surface area (TPSA) is 60.7 Å². The number of benzene rings is 3. The van der Waals surface area contributed by atoms with Crippen molar-refractivity contribution < 1.29 is 18.7 Å². The Morgan fingerprint density at radius 1 is 0.583 bits per heavy atom. The Hall–Kier alpha value is -4.68. The number of hydrogen-bond donors (Lipinski definition) is 0. The number of halogens is 1. The molecule has 3 aromatic carbocycles. The fraction of sp³-hybridized carbons (Fsp3) is 0.635.